The maximum absolute atomic E-state index is 6.20. The SMILES string of the molecule is CC1(C)OB(c2cccc(N)c2OCC2CCCCC2)OC1(C)C. The molecule has 1 aromatic rings. The summed E-state index contributed by atoms with van der Waals surface area (Å²) in [6.45, 7) is 8.95. The second kappa shape index (κ2) is 6.60. The molecule has 132 valence electrons. The first-order valence-corrected chi connectivity index (χ1v) is 9.17. The minimum absolute atomic E-state index is 0.372. The predicted molar refractivity (Wildman–Crippen MR) is 98.6 cm³/mol. The minimum Gasteiger partial charge on any atom is -0.492 e. The van der Waals surface area contributed by atoms with E-state index in [-0.39, 0.29) is 11.2 Å². The predicted octanol–water partition coefficient (Wildman–Crippen LogP) is 3.53. The van der Waals surface area contributed by atoms with Gasteiger partial charge in [0, 0.05) is 5.46 Å². The number of para-hydroxylation sites is 1. The van der Waals surface area contributed by atoms with Crippen LogP contribution in [0, 0.1) is 5.92 Å². The van der Waals surface area contributed by atoms with Gasteiger partial charge in [0.2, 0.25) is 0 Å². The normalized spacial score (nSPS) is 23.4. The Morgan fingerprint density at radius 2 is 1.71 bits per heavy atom. The molecule has 1 heterocycles. The molecule has 1 saturated carbocycles. The Balaban J connectivity index is 1.78. The van der Waals surface area contributed by atoms with E-state index in [0.29, 0.717) is 11.6 Å². The van der Waals surface area contributed by atoms with E-state index in [2.05, 4.69) is 27.7 Å². The molecule has 1 aromatic carbocycles. The first-order chi connectivity index (χ1) is 11.3. The highest BCUT2D eigenvalue weighted by atomic mass is 16.7. The Bertz CT molecular complexity index is 566. The quantitative estimate of drug-likeness (QED) is 0.677. The maximum Gasteiger partial charge on any atom is 0.498 e. The van der Waals surface area contributed by atoms with E-state index in [1.807, 2.05) is 18.2 Å². The number of benzene rings is 1. The Hall–Kier alpha value is -1.20. The van der Waals surface area contributed by atoms with E-state index >= 15 is 0 Å². The second-order valence-corrected chi connectivity index (χ2v) is 8.17. The lowest BCUT2D eigenvalue weighted by atomic mass is 9.78. The van der Waals surface area contributed by atoms with Gasteiger partial charge in [0.15, 0.2) is 0 Å². The third-order valence-electron chi connectivity index (χ3n) is 5.77. The molecule has 0 aromatic heterocycles. The van der Waals surface area contributed by atoms with Crippen LogP contribution in [0.1, 0.15) is 59.8 Å². The van der Waals surface area contributed by atoms with Gasteiger partial charge in [-0.05, 0) is 52.5 Å². The summed E-state index contributed by atoms with van der Waals surface area (Å²) in [6, 6.07) is 5.81. The fraction of sp³-hybridized carbons (Fsp3) is 0.684. The van der Waals surface area contributed by atoms with Gasteiger partial charge in [0.1, 0.15) is 5.75 Å². The standard InChI is InChI=1S/C19H30BNO3/c1-18(2)19(3,4)24-20(23-18)15-11-8-12-16(21)17(15)22-13-14-9-6-5-7-10-14/h8,11-12,14H,5-7,9-10,13,21H2,1-4H3. The number of nitrogen functional groups attached to an aromatic ring is 1. The van der Waals surface area contributed by atoms with E-state index in [0.717, 1.165) is 17.8 Å². The molecule has 0 atom stereocenters. The topological polar surface area (TPSA) is 53.7 Å². The first-order valence-electron chi connectivity index (χ1n) is 9.17. The van der Waals surface area contributed by atoms with Gasteiger partial charge < -0.3 is 19.8 Å². The summed E-state index contributed by atoms with van der Waals surface area (Å²) in [5, 5.41) is 0. The van der Waals surface area contributed by atoms with E-state index < -0.39 is 7.12 Å². The number of rotatable bonds is 4. The summed E-state index contributed by atoms with van der Waals surface area (Å²) >= 11 is 0. The number of hydrogen-bond acceptors (Lipinski definition) is 4. The van der Waals surface area contributed by atoms with Gasteiger partial charge >= 0.3 is 7.12 Å². The molecule has 1 saturated heterocycles. The van der Waals surface area contributed by atoms with Gasteiger partial charge in [-0.3, -0.25) is 0 Å². The second-order valence-electron chi connectivity index (χ2n) is 8.17. The van der Waals surface area contributed by atoms with Gasteiger partial charge in [0.05, 0.1) is 23.5 Å². The van der Waals surface area contributed by atoms with Gasteiger partial charge in [-0.2, -0.15) is 0 Å². The van der Waals surface area contributed by atoms with Crippen molar-refractivity contribution in [3.63, 3.8) is 0 Å². The number of ether oxygens (including phenoxy) is 1. The van der Waals surface area contributed by atoms with Crippen LogP contribution in [0.4, 0.5) is 5.69 Å². The molecule has 0 radical (unpaired) electrons. The highest BCUT2D eigenvalue weighted by Gasteiger charge is 2.52. The lowest BCUT2D eigenvalue weighted by Gasteiger charge is -2.32. The zero-order valence-electron chi connectivity index (χ0n) is 15.4. The van der Waals surface area contributed by atoms with Crippen LogP contribution in [0.15, 0.2) is 18.2 Å². The number of anilines is 1. The lowest BCUT2D eigenvalue weighted by Crippen LogP contribution is -2.41. The highest BCUT2D eigenvalue weighted by Crippen LogP contribution is 2.38. The molecule has 2 fully saturated rings. The van der Waals surface area contributed by atoms with Crippen molar-refractivity contribution in [2.24, 2.45) is 5.92 Å². The molecule has 0 bridgehead atoms. The zero-order valence-corrected chi connectivity index (χ0v) is 15.4. The van der Waals surface area contributed by atoms with Gasteiger partial charge in [-0.1, -0.05) is 31.4 Å². The lowest BCUT2D eigenvalue weighted by molar-refractivity contribution is 0.00578. The molecule has 4 nitrogen and oxygen atoms in total. The third-order valence-corrected chi connectivity index (χ3v) is 5.77. The summed E-state index contributed by atoms with van der Waals surface area (Å²) in [4.78, 5) is 0. The first kappa shape index (κ1) is 17.6. The van der Waals surface area contributed by atoms with Crippen LogP contribution >= 0.6 is 0 Å². The van der Waals surface area contributed by atoms with Gasteiger partial charge in [0.25, 0.3) is 0 Å². The maximum atomic E-state index is 6.20. The molecular formula is C19H30BNO3. The molecule has 3 rings (SSSR count). The summed E-state index contributed by atoms with van der Waals surface area (Å²) in [7, 11) is -0.445. The number of nitrogens with two attached hydrogens (primary N) is 1. The zero-order chi connectivity index (χ0) is 17.4. The van der Waals surface area contributed by atoms with Crippen LogP contribution in [0.25, 0.3) is 0 Å². The van der Waals surface area contributed by atoms with E-state index in [4.69, 9.17) is 19.8 Å². The molecule has 0 amide bonds. The third kappa shape index (κ3) is 3.43. The molecule has 1 aliphatic heterocycles. The average Bonchev–Trinajstić information content (AvgIpc) is 2.75. The van der Waals surface area contributed by atoms with Crippen LogP contribution in [0.2, 0.25) is 0 Å². The average molecular weight is 331 g/mol. The van der Waals surface area contributed by atoms with E-state index in [1.165, 1.54) is 32.1 Å². The van der Waals surface area contributed by atoms with Gasteiger partial charge in [-0.25, -0.2) is 0 Å². The van der Waals surface area contributed by atoms with Crippen LogP contribution < -0.4 is 15.9 Å². The van der Waals surface area contributed by atoms with Crippen molar-refractivity contribution < 1.29 is 14.0 Å². The van der Waals surface area contributed by atoms with Crippen molar-refractivity contribution in [2.45, 2.75) is 71.0 Å². The van der Waals surface area contributed by atoms with E-state index in [9.17, 15) is 0 Å². The van der Waals surface area contributed by atoms with Crippen molar-refractivity contribution in [3.8, 4) is 5.75 Å². The van der Waals surface area contributed by atoms with Crippen molar-refractivity contribution in [1.82, 2.24) is 0 Å². The smallest absolute Gasteiger partial charge is 0.492 e. The molecule has 2 aliphatic rings. The summed E-state index contributed by atoms with van der Waals surface area (Å²) in [5.41, 5.74) is 7.00. The molecule has 0 unspecified atom stereocenters. The monoisotopic (exact) mass is 331 g/mol. The van der Waals surface area contributed by atoms with Crippen LogP contribution in [0.3, 0.4) is 0 Å². The molecule has 0 spiro atoms. The molecule has 24 heavy (non-hydrogen) atoms. The number of hydrogen-bond donors (Lipinski definition) is 1. The Morgan fingerprint density at radius 1 is 1.08 bits per heavy atom. The highest BCUT2D eigenvalue weighted by molar-refractivity contribution is 6.63. The van der Waals surface area contributed by atoms with Crippen molar-refractivity contribution in [1.29, 1.82) is 0 Å². The Labute approximate surface area is 146 Å². The van der Waals surface area contributed by atoms with Crippen LogP contribution in [-0.2, 0) is 9.31 Å². The van der Waals surface area contributed by atoms with Crippen LogP contribution in [-0.4, -0.2) is 24.9 Å². The van der Waals surface area contributed by atoms with Gasteiger partial charge in [-0.15, -0.1) is 0 Å². The fourth-order valence-corrected chi connectivity index (χ4v) is 3.45. The largest absolute Gasteiger partial charge is 0.498 e. The Kier molecular flexibility index (Phi) is 4.85. The fourth-order valence-electron chi connectivity index (χ4n) is 3.45. The summed E-state index contributed by atoms with van der Waals surface area (Å²) < 4.78 is 18.5. The molecule has 1 aliphatic carbocycles. The van der Waals surface area contributed by atoms with E-state index in [1.54, 1.807) is 0 Å². The Morgan fingerprint density at radius 3 is 2.33 bits per heavy atom. The minimum atomic E-state index is -0.445. The molecule has 2 N–H and O–H groups in total. The molecular weight excluding hydrogens is 301 g/mol. The summed E-state index contributed by atoms with van der Waals surface area (Å²) in [5.74, 6) is 1.35. The van der Waals surface area contributed by atoms with Crippen molar-refractivity contribution in [3.05, 3.63) is 18.2 Å². The summed E-state index contributed by atoms with van der Waals surface area (Å²) in [6.07, 6.45) is 6.46. The van der Waals surface area contributed by atoms with Crippen molar-refractivity contribution in [2.75, 3.05) is 12.3 Å². The van der Waals surface area contributed by atoms with Crippen molar-refractivity contribution >= 4 is 18.3 Å². The molecule has 5 heteroatoms. The van der Waals surface area contributed by atoms with Crippen LogP contribution in [0.5, 0.6) is 5.75 Å².